The molecule has 5 nitrogen and oxygen atoms in total. The Morgan fingerprint density at radius 1 is 1.41 bits per heavy atom. The van der Waals surface area contributed by atoms with Crippen molar-refractivity contribution < 1.29 is 19.4 Å². The van der Waals surface area contributed by atoms with Crippen LogP contribution < -0.4 is 4.74 Å². The summed E-state index contributed by atoms with van der Waals surface area (Å²) in [4.78, 5) is 10.4. The fourth-order valence-electron chi connectivity index (χ4n) is 1.08. The van der Waals surface area contributed by atoms with E-state index in [4.69, 9.17) is 19.8 Å². The third kappa shape index (κ3) is 4.53. The third-order valence-corrected chi connectivity index (χ3v) is 2.05. The summed E-state index contributed by atoms with van der Waals surface area (Å²) in [7, 11) is 0. The van der Waals surface area contributed by atoms with Gasteiger partial charge in [-0.1, -0.05) is 0 Å². The Bertz CT molecular complexity index is 408. The summed E-state index contributed by atoms with van der Waals surface area (Å²) in [5.41, 5.74) is 0.563. The molecule has 0 aliphatic carbocycles. The van der Waals surface area contributed by atoms with Crippen molar-refractivity contribution >= 4 is 5.97 Å². The second kappa shape index (κ2) is 6.51. The van der Waals surface area contributed by atoms with E-state index in [1.807, 2.05) is 6.07 Å². The molecule has 0 radical (unpaired) electrons. The van der Waals surface area contributed by atoms with Crippen molar-refractivity contribution in [3.05, 3.63) is 29.8 Å². The first-order valence-corrected chi connectivity index (χ1v) is 5.11. The maximum Gasteiger partial charge on any atom is 0.332 e. The molecule has 0 amide bonds. The zero-order valence-electron chi connectivity index (χ0n) is 9.42. The molecule has 1 aromatic rings. The monoisotopic (exact) mass is 235 g/mol. The molecule has 0 aliphatic rings. The lowest BCUT2D eigenvalue weighted by Crippen LogP contribution is -2.22. The maximum atomic E-state index is 10.4. The van der Waals surface area contributed by atoms with Gasteiger partial charge in [0.25, 0.3) is 0 Å². The summed E-state index contributed by atoms with van der Waals surface area (Å²) in [5.74, 6) is -0.376. The number of hydrogen-bond donors (Lipinski definition) is 1. The van der Waals surface area contributed by atoms with E-state index in [1.165, 1.54) is 6.92 Å². The first-order chi connectivity index (χ1) is 8.13. The number of benzene rings is 1. The molecule has 0 saturated heterocycles. The highest BCUT2D eigenvalue weighted by Gasteiger charge is 2.09. The molecule has 0 saturated carbocycles. The molecule has 1 aromatic carbocycles. The Balaban J connectivity index is 2.27. The minimum absolute atomic E-state index is 0.202. The molecular formula is C12H13NO4. The predicted molar refractivity (Wildman–Crippen MR) is 59.7 cm³/mol. The lowest BCUT2D eigenvalue weighted by molar-refractivity contribution is -0.149. The van der Waals surface area contributed by atoms with Gasteiger partial charge in [0.05, 0.1) is 18.2 Å². The Labute approximate surface area is 99.2 Å². The van der Waals surface area contributed by atoms with Gasteiger partial charge in [-0.25, -0.2) is 4.79 Å². The second-order valence-corrected chi connectivity index (χ2v) is 3.34. The number of carboxylic acid groups (broad SMARTS) is 1. The van der Waals surface area contributed by atoms with Gasteiger partial charge in [-0.15, -0.1) is 0 Å². The van der Waals surface area contributed by atoms with Crippen molar-refractivity contribution in [2.24, 2.45) is 0 Å². The van der Waals surface area contributed by atoms with E-state index in [0.29, 0.717) is 11.3 Å². The Morgan fingerprint density at radius 2 is 2.06 bits per heavy atom. The number of carboxylic acids is 1. The van der Waals surface area contributed by atoms with Gasteiger partial charge in [0, 0.05) is 0 Å². The number of nitriles is 1. The number of hydrogen-bond acceptors (Lipinski definition) is 4. The van der Waals surface area contributed by atoms with Gasteiger partial charge in [-0.2, -0.15) is 5.26 Å². The van der Waals surface area contributed by atoms with Gasteiger partial charge in [-0.05, 0) is 31.2 Å². The lowest BCUT2D eigenvalue weighted by atomic mass is 10.2. The van der Waals surface area contributed by atoms with Crippen LogP contribution in [0, 0.1) is 11.3 Å². The average molecular weight is 235 g/mol. The lowest BCUT2D eigenvalue weighted by Gasteiger charge is -2.09. The van der Waals surface area contributed by atoms with E-state index in [2.05, 4.69) is 0 Å². The molecule has 0 unspecified atom stereocenters. The van der Waals surface area contributed by atoms with Crippen molar-refractivity contribution in [3.8, 4) is 11.8 Å². The average Bonchev–Trinajstić information content (AvgIpc) is 2.35. The van der Waals surface area contributed by atoms with Gasteiger partial charge in [-0.3, -0.25) is 0 Å². The molecule has 0 spiro atoms. The van der Waals surface area contributed by atoms with Crippen molar-refractivity contribution in [1.29, 1.82) is 5.26 Å². The van der Waals surface area contributed by atoms with E-state index >= 15 is 0 Å². The van der Waals surface area contributed by atoms with Crippen LogP contribution >= 0.6 is 0 Å². The van der Waals surface area contributed by atoms with Gasteiger partial charge in [0.15, 0.2) is 6.10 Å². The molecule has 5 heteroatoms. The zero-order chi connectivity index (χ0) is 12.7. The summed E-state index contributed by atoms with van der Waals surface area (Å²) in [6.07, 6.45) is -0.834. The number of rotatable bonds is 6. The summed E-state index contributed by atoms with van der Waals surface area (Å²) in [5, 5.41) is 17.1. The van der Waals surface area contributed by atoms with E-state index < -0.39 is 12.1 Å². The van der Waals surface area contributed by atoms with Crippen LogP contribution in [0.5, 0.6) is 5.75 Å². The molecule has 90 valence electrons. The first kappa shape index (κ1) is 13.0. The van der Waals surface area contributed by atoms with Crippen LogP contribution in [0.25, 0.3) is 0 Å². The van der Waals surface area contributed by atoms with Gasteiger partial charge < -0.3 is 14.6 Å². The molecule has 1 N–H and O–H groups in total. The van der Waals surface area contributed by atoms with Crippen molar-refractivity contribution in [1.82, 2.24) is 0 Å². The fraction of sp³-hybridized carbons (Fsp3) is 0.333. The molecule has 0 bridgehead atoms. The van der Waals surface area contributed by atoms with Crippen LogP contribution in [0.15, 0.2) is 24.3 Å². The van der Waals surface area contributed by atoms with Crippen molar-refractivity contribution in [2.75, 3.05) is 13.2 Å². The number of aliphatic carboxylic acids is 1. The second-order valence-electron chi connectivity index (χ2n) is 3.34. The molecule has 0 fully saturated rings. The van der Waals surface area contributed by atoms with Crippen LogP contribution in [0.4, 0.5) is 0 Å². The van der Waals surface area contributed by atoms with Crippen molar-refractivity contribution in [2.45, 2.75) is 13.0 Å². The van der Waals surface area contributed by atoms with Crippen LogP contribution in [0.1, 0.15) is 12.5 Å². The molecular weight excluding hydrogens is 222 g/mol. The normalized spacial score (nSPS) is 11.5. The highest BCUT2D eigenvalue weighted by atomic mass is 16.5. The van der Waals surface area contributed by atoms with Crippen LogP contribution in [-0.2, 0) is 9.53 Å². The largest absolute Gasteiger partial charge is 0.491 e. The minimum atomic E-state index is -0.997. The summed E-state index contributed by atoms with van der Waals surface area (Å²) >= 11 is 0. The number of nitrogens with zero attached hydrogens (tertiary/aromatic N) is 1. The minimum Gasteiger partial charge on any atom is -0.491 e. The maximum absolute atomic E-state index is 10.4. The summed E-state index contributed by atoms with van der Waals surface area (Å²) in [6, 6.07) is 8.66. The quantitative estimate of drug-likeness (QED) is 0.754. The van der Waals surface area contributed by atoms with E-state index in [0.717, 1.165) is 0 Å². The SMILES string of the molecule is C[C@@H](OCCOc1ccc(C#N)cc1)C(=O)O. The number of ether oxygens (including phenoxy) is 2. The standard InChI is InChI=1S/C12H13NO4/c1-9(12(14)15)16-6-7-17-11-4-2-10(8-13)3-5-11/h2-5,9H,6-7H2,1H3,(H,14,15)/t9-/m1/s1. The highest BCUT2D eigenvalue weighted by Crippen LogP contribution is 2.11. The van der Waals surface area contributed by atoms with Crippen LogP contribution in [0.3, 0.4) is 0 Å². The third-order valence-electron chi connectivity index (χ3n) is 2.05. The highest BCUT2D eigenvalue weighted by molar-refractivity contribution is 5.71. The van der Waals surface area contributed by atoms with Gasteiger partial charge in [0.2, 0.25) is 0 Å². The molecule has 1 atom stereocenters. The zero-order valence-corrected chi connectivity index (χ0v) is 9.42. The van der Waals surface area contributed by atoms with E-state index in [9.17, 15) is 4.79 Å². The summed E-state index contributed by atoms with van der Waals surface area (Å²) in [6.45, 7) is 1.93. The van der Waals surface area contributed by atoms with E-state index in [1.54, 1.807) is 24.3 Å². The van der Waals surface area contributed by atoms with Crippen LogP contribution in [-0.4, -0.2) is 30.4 Å². The first-order valence-electron chi connectivity index (χ1n) is 5.11. The molecule has 1 rings (SSSR count). The van der Waals surface area contributed by atoms with Crippen LogP contribution in [0.2, 0.25) is 0 Å². The molecule has 17 heavy (non-hydrogen) atoms. The summed E-state index contributed by atoms with van der Waals surface area (Å²) < 4.78 is 10.3. The Kier molecular flexibility index (Phi) is 4.98. The van der Waals surface area contributed by atoms with Gasteiger partial charge >= 0.3 is 5.97 Å². The topological polar surface area (TPSA) is 79.5 Å². The van der Waals surface area contributed by atoms with E-state index in [-0.39, 0.29) is 13.2 Å². The Morgan fingerprint density at radius 3 is 2.59 bits per heavy atom. The molecule has 0 heterocycles. The predicted octanol–water partition coefficient (Wildman–Crippen LogP) is 1.43. The van der Waals surface area contributed by atoms with Crippen molar-refractivity contribution in [3.63, 3.8) is 0 Å². The fourth-order valence-corrected chi connectivity index (χ4v) is 1.08. The smallest absolute Gasteiger partial charge is 0.332 e. The molecule has 0 aliphatic heterocycles. The Hall–Kier alpha value is -2.06. The molecule has 0 aromatic heterocycles. The number of carbonyl (C=O) groups is 1. The van der Waals surface area contributed by atoms with Gasteiger partial charge in [0.1, 0.15) is 12.4 Å².